The summed E-state index contributed by atoms with van der Waals surface area (Å²) in [6, 6.07) is 4.61. The van der Waals surface area contributed by atoms with Crippen LogP contribution in [-0.2, 0) is 4.79 Å². The van der Waals surface area contributed by atoms with Crippen molar-refractivity contribution >= 4 is 11.9 Å². The van der Waals surface area contributed by atoms with Crippen LogP contribution in [0, 0.1) is 6.92 Å². The van der Waals surface area contributed by atoms with Crippen LogP contribution in [0.1, 0.15) is 35.2 Å². The number of phenols is 1. The van der Waals surface area contributed by atoms with Crippen molar-refractivity contribution in [3.05, 3.63) is 29.3 Å². The van der Waals surface area contributed by atoms with Crippen molar-refractivity contribution in [2.45, 2.75) is 32.2 Å². The van der Waals surface area contributed by atoms with Crippen molar-refractivity contribution < 1.29 is 19.8 Å². The van der Waals surface area contributed by atoms with Gasteiger partial charge in [0.1, 0.15) is 5.75 Å². The van der Waals surface area contributed by atoms with Crippen LogP contribution in [-0.4, -0.2) is 39.6 Å². The number of benzene rings is 1. The van der Waals surface area contributed by atoms with Crippen LogP contribution in [0.5, 0.6) is 5.75 Å². The lowest BCUT2D eigenvalue weighted by atomic mass is 10.1. The van der Waals surface area contributed by atoms with Crippen LogP contribution in [0.25, 0.3) is 0 Å². The Hall–Kier alpha value is -2.04. The minimum atomic E-state index is -0.905. The molecule has 0 aromatic heterocycles. The Morgan fingerprint density at radius 1 is 1.42 bits per heavy atom. The van der Waals surface area contributed by atoms with Crippen LogP contribution in [0.2, 0.25) is 0 Å². The molecular formula is C14H17NO4. The molecule has 1 unspecified atom stereocenters. The number of rotatable bonds is 3. The van der Waals surface area contributed by atoms with E-state index in [0.29, 0.717) is 13.0 Å². The second kappa shape index (κ2) is 5.30. The number of carbonyl (C=O) groups is 2. The summed E-state index contributed by atoms with van der Waals surface area (Å²) in [5.74, 6) is -1.25. The van der Waals surface area contributed by atoms with E-state index in [1.807, 2.05) is 6.92 Å². The minimum absolute atomic E-state index is 0.0433. The van der Waals surface area contributed by atoms with Crippen molar-refractivity contribution in [2.75, 3.05) is 6.54 Å². The van der Waals surface area contributed by atoms with Crippen LogP contribution in [0.4, 0.5) is 0 Å². The van der Waals surface area contributed by atoms with Crippen molar-refractivity contribution in [1.29, 1.82) is 0 Å². The summed E-state index contributed by atoms with van der Waals surface area (Å²) in [6.45, 7) is 2.38. The van der Waals surface area contributed by atoms with Gasteiger partial charge in [-0.1, -0.05) is 6.07 Å². The molecule has 19 heavy (non-hydrogen) atoms. The quantitative estimate of drug-likeness (QED) is 0.871. The maximum absolute atomic E-state index is 12.3. The van der Waals surface area contributed by atoms with Gasteiger partial charge in [0.25, 0.3) is 5.91 Å². The molecule has 1 aromatic rings. The van der Waals surface area contributed by atoms with E-state index in [1.165, 1.54) is 6.07 Å². The zero-order valence-electron chi connectivity index (χ0n) is 10.8. The number of carboxylic acid groups (broad SMARTS) is 1. The molecule has 1 heterocycles. The molecule has 0 saturated carbocycles. The lowest BCUT2D eigenvalue weighted by Crippen LogP contribution is -2.36. The first kappa shape index (κ1) is 13.4. The average Bonchev–Trinajstić information content (AvgIpc) is 2.75. The summed E-state index contributed by atoms with van der Waals surface area (Å²) in [7, 11) is 0. The monoisotopic (exact) mass is 263 g/mol. The average molecular weight is 263 g/mol. The second-order valence-electron chi connectivity index (χ2n) is 4.91. The molecule has 0 spiro atoms. The number of amides is 1. The van der Waals surface area contributed by atoms with Gasteiger partial charge in [0.2, 0.25) is 0 Å². The fraction of sp³-hybridized carbons (Fsp3) is 0.429. The van der Waals surface area contributed by atoms with Crippen LogP contribution >= 0.6 is 0 Å². The van der Waals surface area contributed by atoms with E-state index in [4.69, 9.17) is 5.11 Å². The Bertz CT molecular complexity index is 512. The van der Waals surface area contributed by atoms with E-state index >= 15 is 0 Å². The molecule has 1 amide bonds. The molecule has 5 nitrogen and oxygen atoms in total. The number of carboxylic acids is 1. The van der Waals surface area contributed by atoms with Crippen molar-refractivity contribution in [3.63, 3.8) is 0 Å². The summed E-state index contributed by atoms with van der Waals surface area (Å²) in [5.41, 5.74) is 1.11. The first-order chi connectivity index (χ1) is 8.99. The standard InChI is InChI=1S/C14H17NO4/c1-9-4-5-11(12(16)7-9)14(19)15-6-2-3-10(15)8-13(17)18/h4-5,7,10,16H,2-3,6,8H2,1H3,(H,17,18). The predicted molar refractivity (Wildman–Crippen MR) is 69.2 cm³/mol. The van der Waals surface area contributed by atoms with Crippen molar-refractivity contribution in [2.24, 2.45) is 0 Å². The molecule has 1 aliphatic heterocycles. The highest BCUT2D eigenvalue weighted by Crippen LogP contribution is 2.26. The molecule has 5 heteroatoms. The maximum Gasteiger partial charge on any atom is 0.305 e. The van der Waals surface area contributed by atoms with Gasteiger partial charge in [-0.05, 0) is 37.5 Å². The fourth-order valence-corrected chi connectivity index (χ4v) is 2.49. The lowest BCUT2D eigenvalue weighted by molar-refractivity contribution is -0.137. The van der Waals surface area contributed by atoms with E-state index in [1.54, 1.807) is 17.0 Å². The number of aryl methyl sites for hydroxylation is 1. The Morgan fingerprint density at radius 2 is 2.16 bits per heavy atom. The summed E-state index contributed by atoms with van der Waals surface area (Å²) in [4.78, 5) is 24.7. The zero-order chi connectivity index (χ0) is 14.0. The molecule has 1 saturated heterocycles. The van der Waals surface area contributed by atoms with E-state index < -0.39 is 5.97 Å². The second-order valence-corrected chi connectivity index (χ2v) is 4.91. The highest BCUT2D eigenvalue weighted by Gasteiger charge is 2.31. The van der Waals surface area contributed by atoms with Crippen molar-refractivity contribution in [1.82, 2.24) is 4.90 Å². The highest BCUT2D eigenvalue weighted by atomic mass is 16.4. The predicted octanol–water partition coefficient (Wildman–Crippen LogP) is 1.78. The molecule has 0 bridgehead atoms. The molecule has 2 rings (SSSR count). The van der Waals surface area contributed by atoms with Gasteiger partial charge in [0.05, 0.1) is 12.0 Å². The minimum Gasteiger partial charge on any atom is -0.507 e. The van der Waals surface area contributed by atoms with Gasteiger partial charge < -0.3 is 15.1 Å². The molecule has 1 atom stereocenters. The van der Waals surface area contributed by atoms with E-state index in [0.717, 1.165) is 12.0 Å². The Kier molecular flexibility index (Phi) is 3.74. The first-order valence-electron chi connectivity index (χ1n) is 6.31. The van der Waals surface area contributed by atoms with Gasteiger partial charge >= 0.3 is 5.97 Å². The molecule has 0 radical (unpaired) electrons. The van der Waals surface area contributed by atoms with Crippen LogP contribution < -0.4 is 0 Å². The number of carbonyl (C=O) groups excluding carboxylic acids is 1. The number of nitrogens with zero attached hydrogens (tertiary/aromatic N) is 1. The van der Waals surface area contributed by atoms with Gasteiger partial charge in [-0.25, -0.2) is 0 Å². The highest BCUT2D eigenvalue weighted by molar-refractivity contribution is 5.97. The normalized spacial score (nSPS) is 18.6. The number of aromatic hydroxyl groups is 1. The van der Waals surface area contributed by atoms with E-state index in [2.05, 4.69) is 0 Å². The summed E-state index contributed by atoms with van der Waals surface area (Å²) in [6.07, 6.45) is 1.46. The van der Waals surface area contributed by atoms with Gasteiger partial charge in [-0.15, -0.1) is 0 Å². The van der Waals surface area contributed by atoms with Gasteiger partial charge in [-0.3, -0.25) is 9.59 Å². The third kappa shape index (κ3) is 2.86. The third-order valence-corrected chi connectivity index (χ3v) is 3.43. The van der Waals surface area contributed by atoms with Gasteiger partial charge in [0.15, 0.2) is 0 Å². The SMILES string of the molecule is Cc1ccc(C(=O)N2CCCC2CC(=O)O)c(O)c1. The van der Waals surface area contributed by atoms with Crippen LogP contribution in [0.3, 0.4) is 0 Å². The van der Waals surface area contributed by atoms with E-state index in [9.17, 15) is 14.7 Å². The molecular weight excluding hydrogens is 246 g/mol. The molecule has 0 aliphatic carbocycles. The molecule has 102 valence electrons. The smallest absolute Gasteiger partial charge is 0.305 e. The maximum atomic E-state index is 12.3. The van der Waals surface area contributed by atoms with Gasteiger partial charge in [0, 0.05) is 12.6 Å². The number of hydrogen-bond acceptors (Lipinski definition) is 3. The molecule has 1 aliphatic rings. The van der Waals surface area contributed by atoms with Gasteiger partial charge in [-0.2, -0.15) is 0 Å². The largest absolute Gasteiger partial charge is 0.507 e. The number of hydrogen-bond donors (Lipinski definition) is 2. The van der Waals surface area contributed by atoms with E-state index in [-0.39, 0.29) is 29.7 Å². The number of likely N-dealkylation sites (tertiary alicyclic amines) is 1. The Labute approximate surface area is 111 Å². The van der Waals surface area contributed by atoms with Crippen molar-refractivity contribution in [3.8, 4) is 5.75 Å². The first-order valence-corrected chi connectivity index (χ1v) is 6.31. The number of aliphatic carboxylic acids is 1. The molecule has 2 N–H and O–H groups in total. The Balaban J connectivity index is 2.20. The molecule has 1 fully saturated rings. The summed E-state index contributed by atoms with van der Waals surface area (Å²) >= 11 is 0. The Morgan fingerprint density at radius 3 is 2.79 bits per heavy atom. The van der Waals surface area contributed by atoms with Crippen LogP contribution in [0.15, 0.2) is 18.2 Å². The number of phenolic OH excluding ortho intramolecular Hbond substituents is 1. The summed E-state index contributed by atoms with van der Waals surface area (Å²) < 4.78 is 0. The lowest BCUT2D eigenvalue weighted by Gasteiger charge is -2.24. The molecule has 1 aromatic carbocycles. The zero-order valence-corrected chi connectivity index (χ0v) is 10.8. The third-order valence-electron chi connectivity index (χ3n) is 3.43. The topological polar surface area (TPSA) is 77.8 Å². The fourth-order valence-electron chi connectivity index (χ4n) is 2.49. The summed E-state index contributed by atoms with van der Waals surface area (Å²) in [5, 5.41) is 18.7.